The highest BCUT2D eigenvalue weighted by Gasteiger charge is 2.12. The number of amides is 1. The zero-order valence-electron chi connectivity index (χ0n) is 14.2. The number of carbonyl (C=O) groups is 1. The van der Waals surface area contributed by atoms with Gasteiger partial charge >= 0.3 is 0 Å². The molecular weight excluding hydrogens is 328 g/mol. The van der Waals surface area contributed by atoms with Crippen LogP contribution in [0.15, 0.2) is 24.3 Å². The summed E-state index contributed by atoms with van der Waals surface area (Å²) in [6.07, 6.45) is 0. The second kappa shape index (κ2) is 7.97. The van der Waals surface area contributed by atoms with E-state index in [1.165, 1.54) is 7.11 Å². The predicted molar refractivity (Wildman–Crippen MR) is 96.1 cm³/mol. The van der Waals surface area contributed by atoms with E-state index in [1.54, 1.807) is 31.2 Å². The van der Waals surface area contributed by atoms with Crippen molar-refractivity contribution in [3.8, 4) is 5.75 Å². The van der Waals surface area contributed by atoms with Gasteiger partial charge in [0.15, 0.2) is 0 Å². The lowest BCUT2D eigenvalue weighted by Gasteiger charge is -2.11. The topological polar surface area (TPSA) is 76.1 Å². The third kappa shape index (κ3) is 4.83. The molecule has 0 spiro atoms. The maximum Gasteiger partial charge on any atom is 0.274 e. The van der Waals surface area contributed by atoms with Crippen LogP contribution in [-0.2, 0) is 0 Å². The average Bonchev–Trinajstić information content (AvgIpc) is 2.52. The molecule has 2 rings (SSSR count). The van der Waals surface area contributed by atoms with Crippen LogP contribution in [0.3, 0.4) is 0 Å². The Balaban J connectivity index is 2.15. The fourth-order valence-corrected chi connectivity index (χ4v) is 2.28. The summed E-state index contributed by atoms with van der Waals surface area (Å²) in [4.78, 5) is 20.9. The van der Waals surface area contributed by atoms with Crippen LogP contribution in [0.5, 0.6) is 5.75 Å². The standard InChI is InChI=1S/C17H21ClN4O2/c1-10(2)9-19-16-8-14(20-11(3)21-16)17(23)22-12-5-6-15(24-4)13(18)7-12/h5-8,10H,9H2,1-4H3,(H,22,23)(H,19,20,21). The van der Waals surface area contributed by atoms with Crippen molar-refractivity contribution < 1.29 is 9.53 Å². The van der Waals surface area contributed by atoms with Crippen LogP contribution in [0, 0.1) is 12.8 Å². The summed E-state index contributed by atoms with van der Waals surface area (Å²) in [5.74, 6) is 1.86. The van der Waals surface area contributed by atoms with Crippen LogP contribution in [0.4, 0.5) is 11.5 Å². The number of benzene rings is 1. The summed E-state index contributed by atoms with van der Waals surface area (Å²) in [5.41, 5.74) is 0.861. The molecule has 1 aromatic heterocycles. The molecular formula is C17H21ClN4O2. The van der Waals surface area contributed by atoms with Gasteiger partial charge in [0.1, 0.15) is 23.1 Å². The van der Waals surface area contributed by atoms with E-state index in [2.05, 4.69) is 34.4 Å². The van der Waals surface area contributed by atoms with Crippen LogP contribution in [0.2, 0.25) is 5.02 Å². The van der Waals surface area contributed by atoms with Crippen molar-refractivity contribution in [2.45, 2.75) is 20.8 Å². The number of halogens is 1. The molecule has 1 aromatic carbocycles. The Labute approximate surface area is 146 Å². The zero-order valence-corrected chi connectivity index (χ0v) is 14.9. The second-order valence-electron chi connectivity index (χ2n) is 5.76. The highest BCUT2D eigenvalue weighted by atomic mass is 35.5. The van der Waals surface area contributed by atoms with Gasteiger partial charge in [0, 0.05) is 18.3 Å². The van der Waals surface area contributed by atoms with Crippen molar-refractivity contribution in [2.75, 3.05) is 24.3 Å². The lowest BCUT2D eigenvalue weighted by atomic mass is 10.2. The van der Waals surface area contributed by atoms with Gasteiger partial charge in [-0.05, 0) is 31.0 Å². The van der Waals surface area contributed by atoms with Crippen LogP contribution >= 0.6 is 11.6 Å². The van der Waals surface area contributed by atoms with Crippen molar-refractivity contribution >= 4 is 29.0 Å². The van der Waals surface area contributed by atoms with Gasteiger partial charge in [0.05, 0.1) is 12.1 Å². The van der Waals surface area contributed by atoms with E-state index in [9.17, 15) is 4.79 Å². The zero-order chi connectivity index (χ0) is 17.7. The SMILES string of the molecule is COc1ccc(NC(=O)c2cc(NCC(C)C)nc(C)n2)cc1Cl. The van der Waals surface area contributed by atoms with E-state index in [4.69, 9.17) is 16.3 Å². The molecule has 0 atom stereocenters. The van der Waals surface area contributed by atoms with Crippen LogP contribution in [0.1, 0.15) is 30.2 Å². The predicted octanol–water partition coefficient (Wildman–Crippen LogP) is 3.77. The van der Waals surface area contributed by atoms with Gasteiger partial charge in [0.2, 0.25) is 0 Å². The molecule has 24 heavy (non-hydrogen) atoms. The summed E-state index contributed by atoms with van der Waals surface area (Å²) in [7, 11) is 1.54. The Morgan fingerprint density at radius 2 is 2.04 bits per heavy atom. The number of carbonyl (C=O) groups excluding carboxylic acids is 1. The van der Waals surface area contributed by atoms with Gasteiger partial charge in [-0.1, -0.05) is 25.4 Å². The van der Waals surface area contributed by atoms with Gasteiger partial charge in [0.25, 0.3) is 5.91 Å². The number of methoxy groups -OCH3 is 1. The number of hydrogen-bond donors (Lipinski definition) is 2. The summed E-state index contributed by atoms with van der Waals surface area (Å²) in [6, 6.07) is 6.67. The summed E-state index contributed by atoms with van der Waals surface area (Å²) < 4.78 is 5.09. The molecule has 0 fully saturated rings. The van der Waals surface area contributed by atoms with Gasteiger partial charge in [-0.3, -0.25) is 4.79 Å². The molecule has 0 saturated carbocycles. The maximum absolute atomic E-state index is 12.4. The minimum absolute atomic E-state index is 0.292. The molecule has 6 nitrogen and oxygen atoms in total. The minimum atomic E-state index is -0.325. The normalized spacial score (nSPS) is 10.6. The number of hydrogen-bond acceptors (Lipinski definition) is 5. The first-order chi connectivity index (χ1) is 11.4. The Morgan fingerprint density at radius 1 is 1.29 bits per heavy atom. The Morgan fingerprint density at radius 3 is 2.67 bits per heavy atom. The summed E-state index contributed by atoms with van der Waals surface area (Å²) >= 11 is 6.07. The Hall–Kier alpha value is -2.34. The molecule has 0 saturated heterocycles. The number of ether oxygens (including phenoxy) is 1. The van der Waals surface area contributed by atoms with Gasteiger partial charge < -0.3 is 15.4 Å². The molecule has 0 aliphatic carbocycles. The molecule has 0 bridgehead atoms. The minimum Gasteiger partial charge on any atom is -0.495 e. The van der Waals surface area contributed by atoms with Gasteiger partial charge in [-0.2, -0.15) is 0 Å². The van der Waals surface area contributed by atoms with E-state index < -0.39 is 0 Å². The van der Waals surface area contributed by atoms with E-state index in [0.29, 0.717) is 39.7 Å². The molecule has 7 heteroatoms. The van der Waals surface area contributed by atoms with E-state index in [1.807, 2.05) is 0 Å². The number of rotatable bonds is 6. The fourth-order valence-electron chi connectivity index (χ4n) is 2.02. The first-order valence-corrected chi connectivity index (χ1v) is 8.01. The Kier molecular flexibility index (Phi) is 5.98. The van der Waals surface area contributed by atoms with Gasteiger partial charge in [-0.15, -0.1) is 0 Å². The largest absolute Gasteiger partial charge is 0.495 e. The third-order valence-corrected chi connectivity index (χ3v) is 3.47. The quantitative estimate of drug-likeness (QED) is 0.831. The molecule has 2 aromatic rings. The monoisotopic (exact) mass is 348 g/mol. The van der Waals surface area contributed by atoms with Crippen molar-refractivity contribution in [3.63, 3.8) is 0 Å². The summed E-state index contributed by atoms with van der Waals surface area (Å²) in [6.45, 7) is 6.72. The average molecular weight is 349 g/mol. The first-order valence-electron chi connectivity index (χ1n) is 7.63. The molecule has 0 aliphatic rings. The van der Waals surface area contributed by atoms with Crippen LogP contribution in [-0.4, -0.2) is 29.5 Å². The number of aryl methyl sites for hydroxylation is 1. The van der Waals surface area contributed by atoms with Crippen LogP contribution in [0.25, 0.3) is 0 Å². The molecule has 1 heterocycles. The highest BCUT2D eigenvalue weighted by Crippen LogP contribution is 2.27. The Bertz CT molecular complexity index is 735. The molecule has 0 unspecified atom stereocenters. The summed E-state index contributed by atoms with van der Waals surface area (Å²) in [5, 5.41) is 6.40. The molecule has 2 N–H and O–H groups in total. The number of nitrogens with zero attached hydrogens (tertiary/aromatic N) is 2. The highest BCUT2D eigenvalue weighted by molar-refractivity contribution is 6.32. The first kappa shape index (κ1) is 18.0. The molecule has 0 aliphatic heterocycles. The van der Waals surface area contributed by atoms with Crippen molar-refractivity contribution in [2.24, 2.45) is 5.92 Å². The number of anilines is 2. The molecule has 128 valence electrons. The van der Waals surface area contributed by atoms with Crippen molar-refractivity contribution in [1.29, 1.82) is 0 Å². The molecule has 0 radical (unpaired) electrons. The van der Waals surface area contributed by atoms with Crippen LogP contribution < -0.4 is 15.4 Å². The van der Waals surface area contributed by atoms with Crippen molar-refractivity contribution in [1.82, 2.24) is 9.97 Å². The third-order valence-electron chi connectivity index (χ3n) is 3.17. The smallest absolute Gasteiger partial charge is 0.274 e. The van der Waals surface area contributed by atoms with Gasteiger partial charge in [-0.25, -0.2) is 9.97 Å². The van der Waals surface area contributed by atoms with E-state index >= 15 is 0 Å². The van der Waals surface area contributed by atoms with Crippen molar-refractivity contribution in [3.05, 3.63) is 40.8 Å². The second-order valence-corrected chi connectivity index (χ2v) is 6.17. The molecule has 1 amide bonds. The fraction of sp³-hybridized carbons (Fsp3) is 0.353. The lowest BCUT2D eigenvalue weighted by Crippen LogP contribution is -2.17. The lowest BCUT2D eigenvalue weighted by molar-refractivity contribution is 0.102. The number of nitrogens with one attached hydrogen (secondary N) is 2. The van der Waals surface area contributed by atoms with E-state index in [-0.39, 0.29) is 5.91 Å². The maximum atomic E-state index is 12.4. The number of aromatic nitrogens is 2. The van der Waals surface area contributed by atoms with E-state index in [0.717, 1.165) is 6.54 Å².